The van der Waals surface area contributed by atoms with Crippen molar-refractivity contribution < 1.29 is 14.3 Å². The lowest BCUT2D eigenvalue weighted by molar-refractivity contribution is -0.119. The molecule has 0 radical (unpaired) electrons. The van der Waals surface area contributed by atoms with Gasteiger partial charge in [0.05, 0.1) is 16.3 Å². The van der Waals surface area contributed by atoms with Gasteiger partial charge in [0.25, 0.3) is 5.91 Å². The van der Waals surface area contributed by atoms with Gasteiger partial charge in [-0.15, -0.1) is 0 Å². The van der Waals surface area contributed by atoms with Crippen molar-refractivity contribution >= 4 is 40.8 Å². The molecule has 1 amide bonds. The molecule has 2 rings (SSSR count). The Hall–Kier alpha value is -2.04. The summed E-state index contributed by atoms with van der Waals surface area (Å²) < 4.78 is 5.02. The molecule has 0 saturated carbocycles. The average molecular weight is 352 g/mol. The van der Waals surface area contributed by atoms with Gasteiger partial charge < -0.3 is 10.1 Å². The molecule has 0 heterocycles. The molecule has 4 nitrogen and oxygen atoms in total. The van der Waals surface area contributed by atoms with E-state index in [9.17, 15) is 9.59 Å². The van der Waals surface area contributed by atoms with Crippen molar-refractivity contribution in [3.63, 3.8) is 0 Å². The van der Waals surface area contributed by atoms with Crippen molar-refractivity contribution in [2.24, 2.45) is 0 Å². The van der Waals surface area contributed by atoms with Crippen LogP contribution in [0.3, 0.4) is 0 Å². The van der Waals surface area contributed by atoms with Crippen LogP contribution in [0.1, 0.15) is 21.5 Å². The number of rotatable bonds is 4. The van der Waals surface area contributed by atoms with Gasteiger partial charge in [-0.05, 0) is 44.2 Å². The van der Waals surface area contributed by atoms with Gasteiger partial charge in [0.15, 0.2) is 6.61 Å². The summed E-state index contributed by atoms with van der Waals surface area (Å²) in [5, 5.41) is 3.34. The molecule has 0 aliphatic rings. The highest BCUT2D eigenvalue weighted by Gasteiger charge is 2.12. The molecule has 0 unspecified atom stereocenters. The van der Waals surface area contributed by atoms with Gasteiger partial charge in [-0.3, -0.25) is 4.79 Å². The molecule has 120 valence electrons. The van der Waals surface area contributed by atoms with Crippen molar-refractivity contribution in [3.05, 3.63) is 63.1 Å². The summed E-state index contributed by atoms with van der Waals surface area (Å²) in [6.45, 7) is 3.38. The summed E-state index contributed by atoms with van der Waals surface area (Å²) >= 11 is 11.7. The SMILES string of the molecule is Cc1cc(C)cc(C(=O)OCC(=O)Nc2ccc(Cl)cc2Cl)c1. The quantitative estimate of drug-likeness (QED) is 0.830. The monoisotopic (exact) mass is 351 g/mol. The Morgan fingerprint density at radius 2 is 1.70 bits per heavy atom. The summed E-state index contributed by atoms with van der Waals surface area (Å²) in [5.74, 6) is -1.03. The lowest BCUT2D eigenvalue weighted by Gasteiger charge is -2.09. The number of ether oxygens (including phenoxy) is 1. The lowest BCUT2D eigenvalue weighted by Crippen LogP contribution is -2.21. The fourth-order valence-corrected chi connectivity index (χ4v) is 2.54. The van der Waals surface area contributed by atoms with E-state index in [2.05, 4.69) is 5.32 Å². The van der Waals surface area contributed by atoms with E-state index in [1.165, 1.54) is 6.07 Å². The van der Waals surface area contributed by atoms with E-state index in [-0.39, 0.29) is 0 Å². The van der Waals surface area contributed by atoms with Crippen LogP contribution in [0.4, 0.5) is 5.69 Å². The minimum absolute atomic E-state index is 0.312. The second-order valence-electron chi connectivity index (χ2n) is 5.12. The number of carbonyl (C=O) groups excluding carboxylic acids is 2. The summed E-state index contributed by atoms with van der Waals surface area (Å²) in [7, 11) is 0. The minimum Gasteiger partial charge on any atom is -0.452 e. The highest BCUT2D eigenvalue weighted by Crippen LogP contribution is 2.25. The molecule has 0 aliphatic heterocycles. The predicted octanol–water partition coefficient (Wildman–Crippen LogP) is 4.41. The van der Waals surface area contributed by atoms with Gasteiger partial charge in [0, 0.05) is 5.02 Å². The third-order valence-corrected chi connectivity index (χ3v) is 3.54. The summed E-state index contributed by atoms with van der Waals surface area (Å²) in [4.78, 5) is 23.8. The number of benzene rings is 2. The summed E-state index contributed by atoms with van der Waals surface area (Å²) in [6.07, 6.45) is 0. The Labute approximate surface area is 144 Å². The van der Waals surface area contributed by atoms with E-state index in [1.54, 1.807) is 24.3 Å². The van der Waals surface area contributed by atoms with Crippen LogP contribution in [0.2, 0.25) is 10.0 Å². The van der Waals surface area contributed by atoms with Crippen LogP contribution in [0.25, 0.3) is 0 Å². The van der Waals surface area contributed by atoms with Crippen molar-refractivity contribution in [1.82, 2.24) is 0 Å². The van der Waals surface area contributed by atoms with Crippen molar-refractivity contribution in [2.75, 3.05) is 11.9 Å². The second kappa shape index (κ2) is 7.49. The predicted molar refractivity (Wildman–Crippen MR) is 91.3 cm³/mol. The van der Waals surface area contributed by atoms with Crippen LogP contribution in [0.15, 0.2) is 36.4 Å². The third-order valence-electron chi connectivity index (χ3n) is 3.00. The second-order valence-corrected chi connectivity index (χ2v) is 5.97. The molecular formula is C17H15Cl2NO3. The first kappa shape index (κ1) is 17.3. The highest BCUT2D eigenvalue weighted by molar-refractivity contribution is 6.36. The van der Waals surface area contributed by atoms with E-state index in [0.717, 1.165) is 11.1 Å². The number of aryl methyl sites for hydroxylation is 2. The van der Waals surface area contributed by atoms with Crippen LogP contribution >= 0.6 is 23.2 Å². The number of carbonyl (C=O) groups is 2. The number of halogens is 2. The first-order valence-electron chi connectivity index (χ1n) is 6.85. The van der Waals surface area contributed by atoms with Crippen LogP contribution in [-0.4, -0.2) is 18.5 Å². The van der Waals surface area contributed by atoms with Crippen LogP contribution in [0, 0.1) is 13.8 Å². The van der Waals surface area contributed by atoms with Gasteiger partial charge in [0.1, 0.15) is 0 Å². The maximum absolute atomic E-state index is 12.0. The number of nitrogens with one attached hydrogen (secondary N) is 1. The third kappa shape index (κ3) is 4.98. The van der Waals surface area contributed by atoms with E-state index < -0.39 is 18.5 Å². The van der Waals surface area contributed by atoms with Gasteiger partial charge in [0.2, 0.25) is 0 Å². The number of esters is 1. The normalized spacial score (nSPS) is 10.3. The Kier molecular flexibility index (Phi) is 5.64. The zero-order valence-corrected chi connectivity index (χ0v) is 14.2. The zero-order valence-electron chi connectivity index (χ0n) is 12.7. The Morgan fingerprint density at radius 3 is 2.30 bits per heavy atom. The molecule has 1 N–H and O–H groups in total. The van der Waals surface area contributed by atoms with Gasteiger partial charge in [-0.1, -0.05) is 40.4 Å². The number of anilines is 1. The van der Waals surface area contributed by atoms with Crippen molar-refractivity contribution in [1.29, 1.82) is 0 Å². The molecule has 0 saturated heterocycles. The molecular weight excluding hydrogens is 337 g/mol. The van der Waals surface area contributed by atoms with E-state index in [4.69, 9.17) is 27.9 Å². The highest BCUT2D eigenvalue weighted by atomic mass is 35.5. The van der Waals surface area contributed by atoms with Crippen LogP contribution < -0.4 is 5.32 Å². The summed E-state index contributed by atoms with van der Waals surface area (Å²) in [6, 6.07) is 10.1. The molecule has 0 fully saturated rings. The standard InChI is InChI=1S/C17H15Cl2NO3/c1-10-5-11(2)7-12(6-10)17(22)23-9-16(21)20-15-4-3-13(18)8-14(15)19/h3-8H,9H2,1-2H3,(H,20,21). The summed E-state index contributed by atoms with van der Waals surface area (Å²) in [5.41, 5.74) is 2.73. The van der Waals surface area contributed by atoms with Gasteiger partial charge >= 0.3 is 5.97 Å². The fraction of sp³-hybridized carbons (Fsp3) is 0.176. The minimum atomic E-state index is -0.547. The molecule has 0 atom stereocenters. The maximum atomic E-state index is 12.0. The number of hydrogen-bond acceptors (Lipinski definition) is 3. The van der Waals surface area contributed by atoms with Crippen LogP contribution in [0.5, 0.6) is 0 Å². The number of hydrogen-bond donors (Lipinski definition) is 1. The largest absolute Gasteiger partial charge is 0.452 e. The molecule has 0 bridgehead atoms. The van der Waals surface area contributed by atoms with Crippen LogP contribution in [-0.2, 0) is 9.53 Å². The molecule has 2 aromatic carbocycles. The van der Waals surface area contributed by atoms with Gasteiger partial charge in [-0.2, -0.15) is 0 Å². The molecule has 0 aliphatic carbocycles. The molecule has 2 aromatic rings. The molecule has 23 heavy (non-hydrogen) atoms. The smallest absolute Gasteiger partial charge is 0.338 e. The molecule has 0 spiro atoms. The van der Waals surface area contributed by atoms with Crippen molar-refractivity contribution in [2.45, 2.75) is 13.8 Å². The van der Waals surface area contributed by atoms with Crippen molar-refractivity contribution in [3.8, 4) is 0 Å². The van der Waals surface area contributed by atoms with E-state index >= 15 is 0 Å². The Morgan fingerprint density at radius 1 is 1.04 bits per heavy atom. The first-order chi connectivity index (χ1) is 10.8. The lowest BCUT2D eigenvalue weighted by atomic mass is 10.1. The van der Waals surface area contributed by atoms with E-state index in [1.807, 2.05) is 19.9 Å². The van der Waals surface area contributed by atoms with E-state index in [0.29, 0.717) is 21.3 Å². The Balaban J connectivity index is 1.94. The first-order valence-corrected chi connectivity index (χ1v) is 7.61. The fourth-order valence-electron chi connectivity index (χ4n) is 2.08. The topological polar surface area (TPSA) is 55.4 Å². The zero-order chi connectivity index (χ0) is 17.0. The maximum Gasteiger partial charge on any atom is 0.338 e. The molecule has 6 heteroatoms. The molecule has 0 aromatic heterocycles. The van der Waals surface area contributed by atoms with Gasteiger partial charge in [-0.25, -0.2) is 4.79 Å². The number of amides is 1. The average Bonchev–Trinajstić information content (AvgIpc) is 2.46. The Bertz CT molecular complexity index is 739.